The molecular formula is C14H24FNO2S. The van der Waals surface area contributed by atoms with E-state index in [2.05, 4.69) is 5.32 Å². The van der Waals surface area contributed by atoms with E-state index in [0.717, 1.165) is 5.56 Å². The minimum absolute atomic E-state index is 0.0113. The molecule has 3 atom stereocenters. The van der Waals surface area contributed by atoms with Crippen molar-refractivity contribution in [3.05, 3.63) is 35.9 Å². The molecule has 0 fully saturated rings. The molecule has 19 heavy (non-hydrogen) atoms. The van der Waals surface area contributed by atoms with Crippen molar-refractivity contribution in [2.24, 2.45) is 0 Å². The average molecular weight is 289 g/mol. The van der Waals surface area contributed by atoms with Gasteiger partial charge in [-0.05, 0) is 18.9 Å². The van der Waals surface area contributed by atoms with Crippen molar-refractivity contribution in [2.75, 3.05) is 12.3 Å². The summed E-state index contributed by atoms with van der Waals surface area (Å²) in [6.07, 6.45) is -0.977. The van der Waals surface area contributed by atoms with Crippen LogP contribution in [0.4, 0.5) is 4.39 Å². The quantitative estimate of drug-likeness (QED) is 0.757. The third-order valence-electron chi connectivity index (χ3n) is 2.55. The molecule has 1 aromatic rings. The summed E-state index contributed by atoms with van der Waals surface area (Å²) in [4.78, 5) is 0. The summed E-state index contributed by atoms with van der Waals surface area (Å²) in [7, 11) is 0. The summed E-state index contributed by atoms with van der Waals surface area (Å²) in [5.41, 5.74) is 1.10. The highest BCUT2D eigenvalue weighted by Crippen LogP contribution is 2.11. The fourth-order valence-corrected chi connectivity index (χ4v) is 1.95. The lowest BCUT2D eigenvalue weighted by atomic mass is 10.1. The molecule has 3 unspecified atom stereocenters. The van der Waals surface area contributed by atoms with E-state index in [4.69, 9.17) is 4.55 Å². The lowest BCUT2D eigenvalue weighted by molar-refractivity contribution is 0.301. The standard InChI is InChI=1S/C12H18FNO2S.C2H6/c1-10(11-5-3-2-4-6-11)14-9-12(13)7-8-17(15)16;1-2/h2-6,10,12,14H,7-9H2,1H3,(H,15,16);1-2H3. The first-order valence-electron chi connectivity index (χ1n) is 6.59. The van der Waals surface area contributed by atoms with Gasteiger partial charge in [0.15, 0.2) is 11.1 Å². The van der Waals surface area contributed by atoms with E-state index < -0.39 is 17.3 Å². The Morgan fingerprint density at radius 1 is 1.32 bits per heavy atom. The second-order valence-corrected chi connectivity index (χ2v) is 5.00. The predicted octanol–water partition coefficient (Wildman–Crippen LogP) is 3.31. The summed E-state index contributed by atoms with van der Waals surface area (Å²) in [5, 5.41) is 3.07. The zero-order chi connectivity index (χ0) is 14.7. The minimum atomic E-state index is -1.90. The topological polar surface area (TPSA) is 49.3 Å². The molecule has 0 radical (unpaired) electrons. The molecule has 1 aromatic carbocycles. The molecule has 0 aliphatic heterocycles. The van der Waals surface area contributed by atoms with Gasteiger partial charge in [0.1, 0.15) is 6.17 Å². The predicted molar refractivity (Wildman–Crippen MR) is 79.4 cm³/mol. The van der Waals surface area contributed by atoms with Crippen LogP contribution in [0.5, 0.6) is 0 Å². The number of nitrogens with one attached hydrogen (secondary N) is 1. The molecule has 0 aliphatic rings. The van der Waals surface area contributed by atoms with Gasteiger partial charge in [-0.2, -0.15) is 0 Å². The number of rotatable bonds is 7. The van der Waals surface area contributed by atoms with Crippen molar-refractivity contribution in [1.82, 2.24) is 5.32 Å². The van der Waals surface area contributed by atoms with Crippen molar-refractivity contribution < 1.29 is 13.2 Å². The van der Waals surface area contributed by atoms with Gasteiger partial charge in [0, 0.05) is 12.6 Å². The maximum Gasteiger partial charge on any atom is 0.152 e. The van der Waals surface area contributed by atoms with Gasteiger partial charge in [0.05, 0.1) is 5.75 Å². The highest BCUT2D eigenvalue weighted by Gasteiger charge is 2.10. The molecular weight excluding hydrogens is 265 g/mol. The van der Waals surface area contributed by atoms with Crippen LogP contribution in [-0.2, 0) is 11.1 Å². The van der Waals surface area contributed by atoms with Crippen LogP contribution in [0.3, 0.4) is 0 Å². The van der Waals surface area contributed by atoms with Gasteiger partial charge in [-0.1, -0.05) is 44.2 Å². The Bertz CT molecular complexity index is 349. The van der Waals surface area contributed by atoms with Crippen LogP contribution >= 0.6 is 0 Å². The third kappa shape index (κ3) is 8.86. The molecule has 0 amide bonds. The molecule has 1 rings (SSSR count). The van der Waals surface area contributed by atoms with Crippen LogP contribution in [-0.4, -0.2) is 27.2 Å². The van der Waals surface area contributed by atoms with E-state index in [-0.39, 0.29) is 24.8 Å². The van der Waals surface area contributed by atoms with Crippen LogP contribution in [0.2, 0.25) is 0 Å². The number of hydrogen-bond acceptors (Lipinski definition) is 2. The van der Waals surface area contributed by atoms with Gasteiger partial charge in [-0.15, -0.1) is 0 Å². The van der Waals surface area contributed by atoms with Crippen molar-refractivity contribution in [3.8, 4) is 0 Å². The Kier molecular flexibility index (Phi) is 10.6. The summed E-state index contributed by atoms with van der Waals surface area (Å²) in [6, 6.07) is 9.85. The molecule has 0 saturated heterocycles. The molecule has 0 spiro atoms. The van der Waals surface area contributed by atoms with Gasteiger partial charge in [-0.3, -0.25) is 0 Å². The Morgan fingerprint density at radius 2 is 1.89 bits per heavy atom. The summed E-state index contributed by atoms with van der Waals surface area (Å²) < 4.78 is 32.3. The second-order valence-electron chi connectivity index (χ2n) is 3.95. The maximum absolute atomic E-state index is 13.3. The van der Waals surface area contributed by atoms with E-state index in [0.29, 0.717) is 0 Å². The SMILES string of the molecule is CC.CC(NCC(F)CCS(=O)O)c1ccccc1. The maximum atomic E-state index is 13.3. The molecule has 0 heterocycles. The number of alkyl halides is 1. The van der Waals surface area contributed by atoms with E-state index in [9.17, 15) is 8.60 Å². The average Bonchev–Trinajstić information content (AvgIpc) is 2.45. The van der Waals surface area contributed by atoms with Gasteiger partial charge in [0.2, 0.25) is 0 Å². The minimum Gasteiger partial charge on any atom is -0.307 e. The number of benzene rings is 1. The Hall–Kier alpha value is -0.780. The fraction of sp³-hybridized carbons (Fsp3) is 0.571. The Labute approximate surface area is 117 Å². The van der Waals surface area contributed by atoms with Crippen molar-refractivity contribution in [3.63, 3.8) is 0 Å². The van der Waals surface area contributed by atoms with Gasteiger partial charge in [0.25, 0.3) is 0 Å². The smallest absolute Gasteiger partial charge is 0.152 e. The molecule has 3 nitrogen and oxygen atoms in total. The molecule has 5 heteroatoms. The zero-order valence-electron chi connectivity index (χ0n) is 11.8. The third-order valence-corrected chi connectivity index (χ3v) is 3.14. The van der Waals surface area contributed by atoms with Gasteiger partial charge < -0.3 is 9.87 Å². The van der Waals surface area contributed by atoms with E-state index in [1.807, 2.05) is 51.1 Å². The molecule has 110 valence electrons. The van der Waals surface area contributed by atoms with Crippen molar-refractivity contribution >= 4 is 11.1 Å². The molecule has 0 aromatic heterocycles. The molecule has 0 bridgehead atoms. The first-order chi connectivity index (χ1) is 9.09. The van der Waals surface area contributed by atoms with Crippen LogP contribution in [0.15, 0.2) is 30.3 Å². The lowest BCUT2D eigenvalue weighted by Crippen LogP contribution is -2.27. The highest BCUT2D eigenvalue weighted by atomic mass is 32.2. The van der Waals surface area contributed by atoms with Crippen LogP contribution in [0.25, 0.3) is 0 Å². The van der Waals surface area contributed by atoms with Crippen molar-refractivity contribution in [1.29, 1.82) is 0 Å². The van der Waals surface area contributed by atoms with E-state index in [1.165, 1.54) is 0 Å². The number of halogens is 1. The first-order valence-corrected chi connectivity index (χ1v) is 7.87. The highest BCUT2D eigenvalue weighted by molar-refractivity contribution is 7.79. The summed E-state index contributed by atoms with van der Waals surface area (Å²) in [6.45, 7) is 6.17. The largest absolute Gasteiger partial charge is 0.307 e. The zero-order valence-corrected chi connectivity index (χ0v) is 12.6. The second kappa shape index (κ2) is 11.1. The molecule has 0 aliphatic carbocycles. The van der Waals surface area contributed by atoms with E-state index >= 15 is 0 Å². The normalized spacial score (nSPS) is 15.0. The monoisotopic (exact) mass is 289 g/mol. The summed E-state index contributed by atoms with van der Waals surface area (Å²) in [5.74, 6) is -0.0113. The van der Waals surface area contributed by atoms with Gasteiger partial charge >= 0.3 is 0 Å². The van der Waals surface area contributed by atoms with Crippen LogP contribution < -0.4 is 5.32 Å². The Morgan fingerprint density at radius 3 is 2.42 bits per heavy atom. The first kappa shape index (κ1) is 18.2. The van der Waals surface area contributed by atoms with E-state index in [1.54, 1.807) is 0 Å². The molecule has 2 N–H and O–H groups in total. The fourth-order valence-electron chi connectivity index (χ4n) is 1.49. The van der Waals surface area contributed by atoms with Gasteiger partial charge in [-0.25, -0.2) is 8.60 Å². The number of hydrogen-bond donors (Lipinski definition) is 2. The Balaban J connectivity index is 0.00000154. The van der Waals surface area contributed by atoms with Crippen LogP contribution in [0.1, 0.15) is 38.8 Å². The summed E-state index contributed by atoms with van der Waals surface area (Å²) >= 11 is -1.90. The molecule has 0 saturated carbocycles. The lowest BCUT2D eigenvalue weighted by Gasteiger charge is -2.15. The van der Waals surface area contributed by atoms with Crippen molar-refractivity contribution in [2.45, 2.75) is 39.4 Å². The van der Waals surface area contributed by atoms with Crippen LogP contribution in [0, 0.1) is 0 Å².